The number of benzene rings is 1. The van der Waals surface area contributed by atoms with Crippen molar-refractivity contribution in [2.45, 2.75) is 26.8 Å². The van der Waals surface area contributed by atoms with Crippen LogP contribution in [0.2, 0.25) is 0 Å². The summed E-state index contributed by atoms with van der Waals surface area (Å²) < 4.78 is 5.06. The molecule has 4 heteroatoms. The Hall–Kier alpha value is -1.55. The quantitative estimate of drug-likeness (QED) is 0.825. The molecule has 1 atom stereocenters. The molecule has 0 heterocycles. The number of carbonyl (C=O) groups excluding carboxylic acids is 1. The molecule has 0 aliphatic carbocycles. The lowest BCUT2D eigenvalue weighted by Crippen LogP contribution is -2.20. The lowest BCUT2D eigenvalue weighted by atomic mass is 10.1. The van der Waals surface area contributed by atoms with Crippen molar-refractivity contribution < 1.29 is 9.53 Å². The summed E-state index contributed by atoms with van der Waals surface area (Å²) in [7, 11) is 1.68. The Balaban J connectivity index is 2.71. The summed E-state index contributed by atoms with van der Waals surface area (Å²) in [6, 6.07) is 6.12. The Bertz CT molecular complexity index is 391. The normalized spacial score (nSPS) is 12.0. The van der Waals surface area contributed by atoms with Crippen molar-refractivity contribution in [1.82, 2.24) is 0 Å². The van der Waals surface area contributed by atoms with Crippen LogP contribution in [0.1, 0.15) is 19.4 Å². The van der Waals surface area contributed by atoms with Crippen LogP contribution >= 0.6 is 0 Å². The van der Waals surface area contributed by atoms with Gasteiger partial charge in [0.1, 0.15) is 0 Å². The van der Waals surface area contributed by atoms with Crippen LogP contribution in [-0.4, -0.2) is 25.7 Å². The molecule has 0 bridgehead atoms. The van der Waals surface area contributed by atoms with E-state index in [0.717, 1.165) is 16.9 Å². The topological polar surface area (TPSA) is 50.4 Å². The first-order valence-electron chi connectivity index (χ1n) is 5.66. The van der Waals surface area contributed by atoms with Gasteiger partial charge in [-0.2, -0.15) is 0 Å². The van der Waals surface area contributed by atoms with Gasteiger partial charge < -0.3 is 15.4 Å². The maximum atomic E-state index is 11.0. The van der Waals surface area contributed by atoms with Crippen molar-refractivity contribution in [3.63, 3.8) is 0 Å². The number of rotatable bonds is 5. The summed E-state index contributed by atoms with van der Waals surface area (Å²) in [5.74, 6) is -0.0541. The summed E-state index contributed by atoms with van der Waals surface area (Å²) in [5, 5.41) is 6.11. The third kappa shape index (κ3) is 4.44. The van der Waals surface area contributed by atoms with E-state index in [1.165, 1.54) is 6.92 Å². The highest BCUT2D eigenvalue weighted by Crippen LogP contribution is 2.20. The average Bonchev–Trinajstić information content (AvgIpc) is 2.22. The zero-order chi connectivity index (χ0) is 12.8. The molecule has 0 saturated carbocycles. The Labute approximate surface area is 102 Å². The van der Waals surface area contributed by atoms with Gasteiger partial charge in [-0.1, -0.05) is 0 Å². The van der Waals surface area contributed by atoms with Crippen molar-refractivity contribution in [1.29, 1.82) is 0 Å². The maximum Gasteiger partial charge on any atom is 0.221 e. The summed E-state index contributed by atoms with van der Waals surface area (Å²) in [4.78, 5) is 11.0. The standard InChI is InChI=1S/C13H20N2O2/c1-9-7-12(14-10(2)8-17-4)5-6-13(9)15-11(3)16/h5-7,10,14H,8H2,1-4H3,(H,15,16). The molecule has 1 aromatic rings. The largest absolute Gasteiger partial charge is 0.383 e. The summed E-state index contributed by atoms with van der Waals surface area (Å²) >= 11 is 0. The minimum absolute atomic E-state index is 0.0541. The predicted molar refractivity (Wildman–Crippen MR) is 70.4 cm³/mol. The Kier molecular flexibility index (Phi) is 4.97. The highest BCUT2D eigenvalue weighted by Gasteiger charge is 2.04. The van der Waals surface area contributed by atoms with Gasteiger partial charge in [0.15, 0.2) is 0 Å². The Morgan fingerprint density at radius 2 is 2.18 bits per heavy atom. The van der Waals surface area contributed by atoms with Crippen LogP contribution in [0, 0.1) is 6.92 Å². The first kappa shape index (κ1) is 13.5. The van der Waals surface area contributed by atoms with Gasteiger partial charge in [0.2, 0.25) is 5.91 Å². The van der Waals surface area contributed by atoms with Crippen molar-refractivity contribution in [3.8, 4) is 0 Å². The van der Waals surface area contributed by atoms with Crippen LogP contribution in [-0.2, 0) is 9.53 Å². The Morgan fingerprint density at radius 3 is 2.71 bits per heavy atom. The van der Waals surface area contributed by atoms with E-state index >= 15 is 0 Å². The van der Waals surface area contributed by atoms with E-state index in [2.05, 4.69) is 17.6 Å². The molecular formula is C13H20N2O2. The molecule has 0 fully saturated rings. The van der Waals surface area contributed by atoms with Crippen molar-refractivity contribution in [2.75, 3.05) is 24.4 Å². The van der Waals surface area contributed by atoms with Crippen LogP contribution < -0.4 is 10.6 Å². The van der Waals surface area contributed by atoms with Gasteiger partial charge in [-0.3, -0.25) is 4.79 Å². The lowest BCUT2D eigenvalue weighted by Gasteiger charge is -2.15. The van der Waals surface area contributed by atoms with Gasteiger partial charge in [0.05, 0.1) is 6.61 Å². The number of hydrogen-bond acceptors (Lipinski definition) is 3. The lowest BCUT2D eigenvalue weighted by molar-refractivity contribution is -0.114. The zero-order valence-corrected chi connectivity index (χ0v) is 10.8. The monoisotopic (exact) mass is 236 g/mol. The fraction of sp³-hybridized carbons (Fsp3) is 0.462. The zero-order valence-electron chi connectivity index (χ0n) is 10.8. The number of carbonyl (C=O) groups is 1. The van der Waals surface area contributed by atoms with Gasteiger partial charge >= 0.3 is 0 Å². The number of hydrogen-bond donors (Lipinski definition) is 2. The van der Waals surface area contributed by atoms with Crippen LogP contribution in [0.4, 0.5) is 11.4 Å². The predicted octanol–water partition coefficient (Wildman–Crippen LogP) is 2.40. The highest BCUT2D eigenvalue weighted by molar-refractivity contribution is 5.89. The molecule has 1 aromatic carbocycles. The molecule has 0 aromatic heterocycles. The minimum atomic E-state index is -0.0541. The number of nitrogens with one attached hydrogen (secondary N) is 2. The fourth-order valence-electron chi connectivity index (χ4n) is 1.66. The number of anilines is 2. The Morgan fingerprint density at radius 1 is 1.47 bits per heavy atom. The van der Waals surface area contributed by atoms with Gasteiger partial charge in [-0.25, -0.2) is 0 Å². The fourth-order valence-corrected chi connectivity index (χ4v) is 1.66. The third-order valence-electron chi connectivity index (χ3n) is 2.37. The highest BCUT2D eigenvalue weighted by atomic mass is 16.5. The van der Waals surface area contributed by atoms with Crippen LogP contribution in [0.3, 0.4) is 0 Å². The summed E-state index contributed by atoms with van der Waals surface area (Å²) in [6.07, 6.45) is 0. The van der Waals surface area contributed by atoms with Crippen molar-refractivity contribution >= 4 is 17.3 Å². The maximum absolute atomic E-state index is 11.0. The number of aryl methyl sites for hydroxylation is 1. The molecule has 0 radical (unpaired) electrons. The molecule has 94 valence electrons. The van der Waals surface area contributed by atoms with Crippen LogP contribution in [0.5, 0.6) is 0 Å². The van der Waals surface area contributed by atoms with E-state index in [0.29, 0.717) is 6.61 Å². The summed E-state index contributed by atoms with van der Waals surface area (Å²) in [5.41, 5.74) is 2.92. The van der Waals surface area contributed by atoms with E-state index in [-0.39, 0.29) is 11.9 Å². The van der Waals surface area contributed by atoms with E-state index < -0.39 is 0 Å². The SMILES string of the molecule is COCC(C)Nc1ccc(NC(C)=O)c(C)c1. The van der Waals surface area contributed by atoms with E-state index in [1.807, 2.05) is 25.1 Å². The molecular weight excluding hydrogens is 216 g/mol. The van der Waals surface area contributed by atoms with Gasteiger partial charge in [-0.15, -0.1) is 0 Å². The van der Waals surface area contributed by atoms with Crippen molar-refractivity contribution in [3.05, 3.63) is 23.8 Å². The molecule has 0 aliphatic rings. The van der Waals surface area contributed by atoms with Gasteiger partial charge in [0.25, 0.3) is 0 Å². The van der Waals surface area contributed by atoms with Crippen LogP contribution in [0.25, 0.3) is 0 Å². The smallest absolute Gasteiger partial charge is 0.221 e. The second-order valence-corrected chi connectivity index (χ2v) is 4.21. The second-order valence-electron chi connectivity index (χ2n) is 4.21. The number of amides is 1. The molecule has 1 amide bonds. The molecule has 17 heavy (non-hydrogen) atoms. The molecule has 0 saturated heterocycles. The van der Waals surface area contributed by atoms with Gasteiger partial charge in [0, 0.05) is 31.5 Å². The van der Waals surface area contributed by atoms with E-state index in [9.17, 15) is 4.79 Å². The first-order chi connectivity index (χ1) is 8.02. The molecule has 2 N–H and O–H groups in total. The first-order valence-corrected chi connectivity index (χ1v) is 5.66. The molecule has 0 spiro atoms. The summed E-state index contributed by atoms with van der Waals surface area (Å²) in [6.45, 7) is 6.19. The van der Waals surface area contributed by atoms with E-state index in [1.54, 1.807) is 7.11 Å². The van der Waals surface area contributed by atoms with Gasteiger partial charge in [-0.05, 0) is 37.6 Å². The third-order valence-corrected chi connectivity index (χ3v) is 2.37. The molecule has 0 aliphatic heterocycles. The number of ether oxygens (including phenoxy) is 1. The van der Waals surface area contributed by atoms with E-state index in [4.69, 9.17) is 4.74 Å². The molecule has 4 nitrogen and oxygen atoms in total. The minimum Gasteiger partial charge on any atom is -0.383 e. The molecule has 1 unspecified atom stereocenters. The van der Waals surface area contributed by atoms with Crippen molar-refractivity contribution in [2.24, 2.45) is 0 Å². The average molecular weight is 236 g/mol. The van der Waals surface area contributed by atoms with Crippen LogP contribution in [0.15, 0.2) is 18.2 Å². The second kappa shape index (κ2) is 6.25. The molecule has 1 rings (SSSR count). The number of methoxy groups -OCH3 is 1.